The van der Waals surface area contributed by atoms with Crippen LogP contribution in [0.2, 0.25) is 0 Å². The van der Waals surface area contributed by atoms with Gasteiger partial charge in [-0.2, -0.15) is 0 Å². The molecule has 0 aromatic carbocycles. The molecule has 0 saturated carbocycles. The van der Waals surface area contributed by atoms with Crippen LogP contribution in [0.25, 0.3) is 0 Å². The molecule has 164 valence electrons. The van der Waals surface area contributed by atoms with E-state index in [0.29, 0.717) is 31.6 Å². The molecule has 0 radical (unpaired) electrons. The largest absolute Gasteiger partial charge is 0.355 e. The molecule has 1 aromatic heterocycles. The summed E-state index contributed by atoms with van der Waals surface area (Å²) in [6.45, 7) is 4.63. The molecule has 30 heavy (non-hydrogen) atoms. The number of aromatic nitrogens is 2. The maximum Gasteiger partial charge on any atom is 0.315 e. The SMILES string of the molecule is CCNC(=O)[C@@H]1CCCN1C(=O)[C@H](Cc1cnc[nH]1)NC(=O)C1NC(=O)NC1CC. The number of amides is 5. The van der Waals surface area contributed by atoms with Crippen LogP contribution in [0, 0.1) is 0 Å². The molecule has 0 spiro atoms. The Kier molecular flexibility index (Phi) is 6.91. The number of hydrogen-bond donors (Lipinski definition) is 5. The lowest BCUT2D eigenvalue weighted by Crippen LogP contribution is -2.57. The van der Waals surface area contributed by atoms with Gasteiger partial charge >= 0.3 is 6.03 Å². The molecule has 1 aromatic rings. The number of carbonyl (C=O) groups excluding carboxylic acids is 4. The van der Waals surface area contributed by atoms with Crippen molar-refractivity contribution in [3.8, 4) is 0 Å². The molecule has 11 heteroatoms. The first-order valence-corrected chi connectivity index (χ1v) is 10.4. The average molecular weight is 419 g/mol. The van der Waals surface area contributed by atoms with Crippen molar-refractivity contribution in [2.24, 2.45) is 0 Å². The minimum absolute atomic E-state index is 0.187. The fourth-order valence-corrected chi connectivity index (χ4v) is 3.99. The van der Waals surface area contributed by atoms with Crippen LogP contribution in [0.5, 0.6) is 0 Å². The molecular formula is C19H29N7O4. The van der Waals surface area contributed by atoms with Crippen molar-refractivity contribution in [1.82, 2.24) is 36.1 Å². The Morgan fingerprint density at radius 2 is 2.07 bits per heavy atom. The minimum Gasteiger partial charge on any atom is -0.355 e. The third-order valence-electron chi connectivity index (χ3n) is 5.51. The molecule has 11 nitrogen and oxygen atoms in total. The zero-order valence-corrected chi connectivity index (χ0v) is 17.2. The number of hydrogen-bond acceptors (Lipinski definition) is 5. The van der Waals surface area contributed by atoms with Crippen molar-refractivity contribution in [1.29, 1.82) is 0 Å². The van der Waals surface area contributed by atoms with E-state index in [1.807, 2.05) is 13.8 Å². The number of likely N-dealkylation sites (N-methyl/N-ethyl adjacent to an activating group) is 1. The number of imidazole rings is 1. The predicted molar refractivity (Wildman–Crippen MR) is 107 cm³/mol. The molecule has 2 aliphatic heterocycles. The van der Waals surface area contributed by atoms with Crippen molar-refractivity contribution >= 4 is 23.8 Å². The second-order valence-corrected chi connectivity index (χ2v) is 7.54. The van der Waals surface area contributed by atoms with Crippen LogP contribution in [0.15, 0.2) is 12.5 Å². The number of aromatic amines is 1. The maximum atomic E-state index is 13.4. The molecule has 3 rings (SSSR count). The van der Waals surface area contributed by atoms with E-state index < -0.39 is 30.1 Å². The highest BCUT2D eigenvalue weighted by Crippen LogP contribution is 2.20. The van der Waals surface area contributed by atoms with Crippen LogP contribution >= 0.6 is 0 Å². The summed E-state index contributed by atoms with van der Waals surface area (Å²) in [5, 5.41) is 10.9. The lowest BCUT2D eigenvalue weighted by atomic mass is 10.0. The number of nitrogens with zero attached hydrogens (tertiary/aromatic N) is 2. The van der Waals surface area contributed by atoms with Gasteiger partial charge in [-0.05, 0) is 26.2 Å². The monoisotopic (exact) mass is 419 g/mol. The Labute approximate surface area is 174 Å². The molecule has 3 heterocycles. The van der Waals surface area contributed by atoms with Gasteiger partial charge in [-0.25, -0.2) is 9.78 Å². The van der Waals surface area contributed by atoms with Gasteiger partial charge in [0.05, 0.1) is 12.4 Å². The lowest BCUT2D eigenvalue weighted by Gasteiger charge is -2.29. The maximum absolute atomic E-state index is 13.4. The normalized spacial score (nSPS) is 24.1. The number of likely N-dealkylation sites (tertiary alicyclic amines) is 1. The Morgan fingerprint density at radius 1 is 1.27 bits per heavy atom. The standard InChI is InChI=1S/C19H29N7O4/c1-3-12-15(25-19(30)24-12)17(28)23-13(8-11-9-20-10-22-11)18(29)26-7-5-6-14(26)16(27)21-4-2/h9-10,12-15H,3-8H2,1-2H3,(H,20,22)(H,21,27)(H,23,28)(H2,24,25,30)/t12?,13-,14-,15?/m0/s1. The Bertz CT molecular complexity index is 782. The second kappa shape index (κ2) is 9.59. The zero-order valence-electron chi connectivity index (χ0n) is 17.2. The first-order chi connectivity index (χ1) is 14.4. The highest BCUT2D eigenvalue weighted by Gasteiger charge is 2.40. The molecule has 0 aliphatic carbocycles. The van der Waals surface area contributed by atoms with E-state index in [4.69, 9.17) is 0 Å². The molecule has 0 bridgehead atoms. The highest BCUT2D eigenvalue weighted by atomic mass is 16.2. The van der Waals surface area contributed by atoms with E-state index >= 15 is 0 Å². The number of urea groups is 1. The molecule has 2 unspecified atom stereocenters. The van der Waals surface area contributed by atoms with Gasteiger partial charge in [-0.15, -0.1) is 0 Å². The Balaban J connectivity index is 1.76. The number of rotatable bonds is 8. The van der Waals surface area contributed by atoms with Gasteiger partial charge in [0.15, 0.2) is 0 Å². The van der Waals surface area contributed by atoms with Gasteiger partial charge in [0, 0.05) is 31.4 Å². The minimum atomic E-state index is -0.886. The molecular weight excluding hydrogens is 390 g/mol. The van der Waals surface area contributed by atoms with Gasteiger partial charge in [0.1, 0.15) is 18.1 Å². The van der Waals surface area contributed by atoms with Crippen LogP contribution in [0.4, 0.5) is 4.79 Å². The second-order valence-electron chi connectivity index (χ2n) is 7.54. The van der Waals surface area contributed by atoms with E-state index in [1.165, 1.54) is 11.2 Å². The van der Waals surface area contributed by atoms with Crippen LogP contribution in [0.1, 0.15) is 38.8 Å². The molecule has 5 N–H and O–H groups in total. The van der Waals surface area contributed by atoms with Gasteiger partial charge in [0.2, 0.25) is 17.7 Å². The molecule has 4 atom stereocenters. The van der Waals surface area contributed by atoms with E-state index in [0.717, 1.165) is 6.42 Å². The third kappa shape index (κ3) is 4.71. The van der Waals surface area contributed by atoms with E-state index in [9.17, 15) is 19.2 Å². The van der Waals surface area contributed by atoms with Crippen molar-refractivity contribution in [2.75, 3.05) is 13.1 Å². The molecule has 5 amide bonds. The Hall–Kier alpha value is -3.11. The lowest BCUT2D eigenvalue weighted by molar-refractivity contribution is -0.141. The summed E-state index contributed by atoms with van der Waals surface area (Å²) in [6, 6.07) is -2.96. The van der Waals surface area contributed by atoms with Crippen molar-refractivity contribution in [3.63, 3.8) is 0 Å². The number of H-pyrrole nitrogens is 1. The molecule has 2 fully saturated rings. The smallest absolute Gasteiger partial charge is 0.315 e. The third-order valence-corrected chi connectivity index (χ3v) is 5.51. The predicted octanol–water partition coefficient (Wildman–Crippen LogP) is -0.976. The fourth-order valence-electron chi connectivity index (χ4n) is 3.99. The van der Waals surface area contributed by atoms with Crippen LogP contribution in [0.3, 0.4) is 0 Å². The van der Waals surface area contributed by atoms with Crippen molar-refractivity contribution in [2.45, 2.75) is 63.7 Å². The molecule has 2 aliphatic rings. The quantitative estimate of drug-likeness (QED) is 0.367. The van der Waals surface area contributed by atoms with Gasteiger partial charge in [0.25, 0.3) is 0 Å². The fraction of sp³-hybridized carbons (Fsp3) is 0.632. The van der Waals surface area contributed by atoms with Crippen LogP contribution in [-0.4, -0.2) is 75.9 Å². The first kappa shape index (κ1) is 21.6. The van der Waals surface area contributed by atoms with Gasteiger partial charge in [-0.3, -0.25) is 14.4 Å². The average Bonchev–Trinajstić information content (AvgIpc) is 3.47. The Morgan fingerprint density at radius 3 is 2.73 bits per heavy atom. The summed E-state index contributed by atoms with van der Waals surface area (Å²) in [7, 11) is 0. The van der Waals surface area contributed by atoms with E-state index in [1.54, 1.807) is 6.20 Å². The van der Waals surface area contributed by atoms with E-state index in [-0.39, 0.29) is 24.3 Å². The summed E-state index contributed by atoms with van der Waals surface area (Å²) >= 11 is 0. The topological polar surface area (TPSA) is 148 Å². The summed E-state index contributed by atoms with van der Waals surface area (Å²) in [4.78, 5) is 58.7. The van der Waals surface area contributed by atoms with Crippen LogP contribution < -0.4 is 21.3 Å². The summed E-state index contributed by atoms with van der Waals surface area (Å²) < 4.78 is 0. The van der Waals surface area contributed by atoms with Crippen molar-refractivity contribution in [3.05, 3.63) is 18.2 Å². The summed E-state index contributed by atoms with van der Waals surface area (Å²) in [5.41, 5.74) is 0.683. The number of carbonyl (C=O) groups is 4. The van der Waals surface area contributed by atoms with Crippen molar-refractivity contribution < 1.29 is 19.2 Å². The van der Waals surface area contributed by atoms with E-state index in [2.05, 4.69) is 31.2 Å². The van der Waals surface area contributed by atoms with Crippen LogP contribution in [-0.2, 0) is 20.8 Å². The first-order valence-electron chi connectivity index (χ1n) is 10.4. The summed E-state index contributed by atoms with van der Waals surface area (Å²) in [6.07, 6.45) is 5.17. The molecule has 2 saturated heterocycles. The van der Waals surface area contributed by atoms with Gasteiger partial charge < -0.3 is 31.2 Å². The summed E-state index contributed by atoms with van der Waals surface area (Å²) in [5.74, 6) is -0.947. The highest BCUT2D eigenvalue weighted by molar-refractivity contribution is 5.96. The number of nitrogens with one attached hydrogen (secondary N) is 5. The zero-order chi connectivity index (χ0) is 21.7. The van der Waals surface area contributed by atoms with Gasteiger partial charge in [-0.1, -0.05) is 6.92 Å².